The number of hydrogen-bond acceptors (Lipinski definition) is 3. The second kappa shape index (κ2) is 6.64. The maximum atomic E-state index is 12.8. The normalized spacial score (nSPS) is 18.7. The standard InChI is InChI=1S/C20H19BrN2O2/c21-17-5-6-19-18(9-17)16(13-24)11-23(19)12-20(25)22-8-7-14-3-1-2-4-15(14)10-22/h1-6,9,13,16H,7-8,10-12H2. The van der Waals surface area contributed by atoms with Gasteiger partial charge in [-0.05, 0) is 41.3 Å². The van der Waals surface area contributed by atoms with E-state index in [-0.39, 0.29) is 11.8 Å². The molecule has 0 radical (unpaired) electrons. The predicted molar refractivity (Wildman–Crippen MR) is 101 cm³/mol. The van der Waals surface area contributed by atoms with Crippen molar-refractivity contribution in [3.63, 3.8) is 0 Å². The largest absolute Gasteiger partial charge is 0.361 e. The Bertz CT molecular complexity index is 836. The minimum Gasteiger partial charge on any atom is -0.361 e. The molecule has 0 aliphatic carbocycles. The zero-order chi connectivity index (χ0) is 17.4. The molecule has 4 nitrogen and oxygen atoms in total. The average molecular weight is 399 g/mol. The van der Waals surface area contributed by atoms with Crippen LogP contribution < -0.4 is 4.90 Å². The fourth-order valence-corrected chi connectivity index (χ4v) is 4.16. The van der Waals surface area contributed by atoms with Gasteiger partial charge in [-0.3, -0.25) is 4.79 Å². The summed E-state index contributed by atoms with van der Waals surface area (Å²) in [6.45, 7) is 2.33. The Labute approximate surface area is 155 Å². The van der Waals surface area contributed by atoms with Crippen molar-refractivity contribution in [2.75, 3.05) is 24.5 Å². The van der Waals surface area contributed by atoms with Crippen molar-refractivity contribution in [1.82, 2.24) is 4.90 Å². The molecule has 25 heavy (non-hydrogen) atoms. The van der Waals surface area contributed by atoms with Gasteiger partial charge in [0.25, 0.3) is 0 Å². The van der Waals surface area contributed by atoms with Crippen LogP contribution in [0.5, 0.6) is 0 Å². The molecule has 2 aromatic carbocycles. The second-order valence-corrected chi connectivity index (χ2v) is 7.58. The molecular formula is C20H19BrN2O2. The van der Waals surface area contributed by atoms with Crippen molar-refractivity contribution in [2.24, 2.45) is 0 Å². The Morgan fingerprint density at radius 3 is 2.80 bits per heavy atom. The van der Waals surface area contributed by atoms with Gasteiger partial charge in [-0.1, -0.05) is 40.2 Å². The van der Waals surface area contributed by atoms with Crippen LogP contribution in [0, 0.1) is 0 Å². The minimum atomic E-state index is -0.164. The molecule has 0 aromatic heterocycles. The van der Waals surface area contributed by atoms with Crippen molar-refractivity contribution < 1.29 is 9.59 Å². The van der Waals surface area contributed by atoms with Crippen LogP contribution in [0.2, 0.25) is 0 Å². The predicted octanol–water partition coefficient (Wildman–Crippen LogP) is 3.14. The van der Waals surface area contributed by atoms with E-state index in [1.165, 1.54) is 11.1 Å². The molecule has 1 atom stereocenters. The molecule has 0 N–H and O–H groups in total. The van der Waals surface area contributed by atoms with E-state index < -0.39 is 0 Å². The van der Waals surface area contributed by atoms with Crippen molar-refractivity contribution >= 4 is 33.8 Å². The number of fused-ring (bicyclic) bond motifs is 2. The first kappa shape index (κ1) is 16.3. The van der Waals surface area contributed by atoms with Gasteiger partial charge in [-0.25, -0.2) is 0 Å². The minimum absolute atomic E-state index is 0.120. The van der Waals surface area contributed by atoms with Gasteiger partial charge in [0.15, 0.2) is 0 Å². The van der Waals surface area contributed by atoms with Crippen LogP contribution in [0.15, 0.2) is 46.9 Å². The molecule has 1 unspecified atom stereocenters. The van der Waals surface area contributed by atoms with E-state index in [9.17, 15) is 9.59 Å². The molecular weight excluding hydrogens is 380 g/mol. The van der Waals surface area contributed by atoms with Gasteiger partial charge in [0.2, 0.25) is 5.91 Å². The van der Waals surface area contributed by atoms with Crippen LogP contribution in [0.25, 0.3) is 0 Å². The van der Waals surface area contributed by atoms with E-state index in [1.54, 1.807) is 0 Å². The summed E-state index contributed by atoms with van der Waals surface area (Å²) in [5.41, 5.74) is 4.56. The highest BCUT2D eigenvalue weighted by molar-refractivity contribution is 9.10. The van der Waals surface area contributed by atoms with Crippen molar-refractivity contribution in [3.05, 3.63) is 63.6 Å². The Balaban J connectivity index is 1.50. The molecule has 0 spiro atoms. The van der Waals surface area contributed by atoms with E-state index in [4.69, 9.17) is 0 Å². The van der Waals surface area contributed by atoms with E-state index in [2.05, 4.69) is 34.1 Å². The molecule has 4 rings (SSSR count). The highest BCUT2D eigenvalue weighted by Crippen LogP contribution is 2.37. The maximum absolute atomic E-state index is 12.8. The fourth-order valence-electron chi connectivity index (χ4n) is 3.78. The third-order valence-corrected chi connectivity index (χ3v) is 5.61. The van der Waals surface area contributed by atoms with E-state index in [1.807, 2.05) is 34.1 Å². The molecule has 0 fully saturated rings. The lowest BCUT2D eigenvalue weighted by Gasteiger charge is -2.31. The molecule has 1 amide bonds. The smallest absolute Gasteiger partial charge is 0.242 e. The van der Waals surface area contributed by atoms with Gasteiger partial charge in [0, 0.05) is 29.8 Å². The van der Waals surface area contributed by atoms with Gasteiger partial charge in [0.1, 0.15) is 6.29 Å². The molecule has 2 heterocycles. The number of hydrogen-bond donors (Lipinski definition) is 0. The van der Waals surface area contributed by atoms with Gasteiger partial charge in [-0.2, -0.15) is 0 Å². The number of benzene rings is 2. The maximum Gasteiger partial charge on any atom is 0.242 e. The molecule has 2 aliphatic heterocycles. The Hall–Kier alpha value is -2.14. The average Bonchev–Trinajstić information content (AvgIpc) is 2.98. The summed E-state index contributed by atoms with van der Waals surface area (Å²) in [6, 6.07) is 14.2. The number of carbonyl (C=O) groups is 2. The van der Waals surface area contributed by atoms with Crippen LogP contribution in [-0.2, 0) is 22.6 Å². The van der Waals surface area contributed by atoms with Crippen molar-refractivity contribution in [1.29, 1.82) is 0 Å². The Morgan fingerprint density at radius 2 is 2.00 bits per heavy atom. The third kappa shape index (κ3) is 3.09. The summed E-state index contributed by atoms with van der Waals surface area (Å²) in [5.74, 6) is -0.0442. The lowest BCUT2D eigenvalue weighted by atomic mass is 10.00. The third-order valence-electron chi connectivity index (χ3n) is 5.12. The summed E-state index contributed by atoms with van der Waals surface area (Å²) < 4.78 is 0.957. The molecule has 5 heteroatoms. The summed E-state index contributed by atoms with van der Waals surface area (Å²) >= 11 is 3.46. The number of aldehydes is 1. The first-order valence-electron chi connectivity index (χ1n) is 8.50. The van der Waals surface area contributed by atoms with Gasteiger partial charge in [0.05, 0.1) is 12.5 Å². The lowest BCUT2D eigenvalue weighted by molar-refractivity contribution is -0.130. The number of halogens is 1. The number of rotatable bonds is 3. The molecule has 2 aromatic rings. The van der Waals surface area contributed by atoms with Gasteiger partial charge < -0.3 is 14.6 Å². The van der Waals surface area contributed by atoms with Crippen molar-refractivity contribution in [3.8, 4) is 0 Å². The zero-order valence-corrected chi connectivity index (χ0v) is 15.4. The first-order chi connectivity index (χ1) is 12.2. The quantitative estimate of drug-likeness (QED) is 0.745. The number of anilines is 1. The van der Waals surface area contributed by atoms with Crippen LogP contribution >= 0.6 is 15.9 Å². The van der Waals surface area contributed by atoms with Gasteiger partial charge in [-0.15, -0.1) is 0 Å². The number of nitrogens with zero attached hydrogens (tertiary/aromatic N) is 2. The Morgan fingerprint density at radius 1 is 1.20 bits per heavy atom. The number of carbonyl (C=O) groups excluding carboxylic acids is 2. The molecule has 128 valence electrons. The molecule has 2 aliphatic rings. The van der Waals surface area contributed by atoms with E-state index in [0.717, 1.165) is 35.0 Å². The summed E-state index contributed by atoms with van der Waals surface area (Å²) in [7, 11) is 0. The van der Waals surface area contributed by atoms with Crippen LogP contribution in [0.3, 0.4) is 0 Å². The van der Waals surface area contributed by atoms with Crippen LogP contribution in [0.1, 0.15) is 22.6 Å². The van der Waals surface area contributed by atoms with Crippen LogP contribution in [0.4, 0.5) is 5.69 Å². The van der Waals surface area contributed by atoms with Gasteiger partial charge >= 0.3 is 0 Å². The van der Waals surface area contributed by atoms with E-state index in [0.29, 0.717) is 19.6 Å². The molecule has 0 saturated heterocycles. The highest BCUT2D eigenvalue weighted by Gasteiger charge is 2.31. The fraction of sp³-hybridized carbons (Fsp3) is 0.300. The summed E-state index contributed by atoms with van der Waals surface area (Å²) in [6.07, 6.45) is 1.88. The lowest BCUT2D eigenvalue weighted by Crippen LogP contribution is -2.42. The SMILES string of the molecule is O=CC1CN(CC(=O)N2CCc3ccccc3C2)c2ccc(Br)cc21. The van der Waals surface area contributed by atoms with Crippen LogP contribution in [-0.4, -0.2) is 36.7 Å². The zero-order valence-electron chi connectivity index (χ0n) is 13.8. The first-order valence-corrected chi connectivity index (χ1v) is 9.29. The summed E-state index contributed by atoms with van der Waals surface area (Å²) in [4.78, 5) is 28.2. The molecule has 0 saturated carbocycles. The van der Waals surface area contributed by atoms with Crippen molar-refractivity contribution in [2.45, 2.75) is 18.9 Å². The molecule has 0 bridgehead atoms. The Kier molecular flexibility index (Phi) is 4.34. The second-order valence-electron chi connectivity index (χ2n) is 6.66. The highest BCUT2D eigenvalue weighted by atomic mass is 79.9. The number of amides is 1. The summed E-state index contributed by atoms with van der Waals surface area (Å²) in [5, 5.41) is 0. The topological polar surface area (TPSA) is 40.6 Å². The monoisotopic (exact) mass is 398 g/mol. The van der Waals surface area contributed by atoms with E-state index >= 15 is 0 Å².